The average Bonchev–Trinajstić information content (AvgIpc) is 3.20. The molecule has 26 heavy (non-hydrogen) atoms. The van der Waals surface area contributed by atoms with Crippen molar-refractivity contribution in [2.24, 2.45) is 0 Å². The van der Waals surface area contributed by atoms with Gasteiger partial charge in [0.25, 0.3) is 0 Å². The van der Waals surface area contributed by atoms with Crippen molar-refractivity contribution in [3.05, 3.63) is 30.5 Å². The summed E-state index contributed by atoms with van der Waals surface area (Å²) in [5, 5.41) is 4.08. The number of para-hydroxylation sites is 1. The number of hydrogen-bond donors (Lipinski definition) is 1. The van der Waals surface area contributed by atoms with E-state index in [-0.39, 0.29) is 17.4 Å². The normalized spacial score (nSPS) is 14.8. The van der Waals surface area contributed by atoms with Crippen LogP contribution in [0.25, 0.3) is 10.9 Å². The van der Waals surface area contributed by atoms with Crippen molar-refractivity contribution in [2.75, 3.05) is 18.8 Å². The number of carbonyl (C=O) groups excluding carboxylic acids is 2. The van der Waals surface area contributed by atoms with Gasteiger partial charge < -0.3 is 14.8 Å². The molecule has 5 nitrogen and oxygen atoms in total. The van der Waals surface area contributed by atoms with Crippen LogP contribution in [-0.2, 0) is 16.1 Å². The van der Waals surface area contributed by atoms with E-state index in [1.165, 1.54) is 11.8 Å². The summed E-state index contributed by atoms with van der Waals surface area (Å²) in [4.78, 5) is 27.6. The van der Waals surface area contributed by atoms with Crippen LogP contribution in [0.2, 0.25) is 0 Å². The lowest BCUT2D eigenvalue weighted by atomic mass is 10.1. The Hall–Kier alpha value is -1.95. The van der Waals surface area contributed by atoms with Crippen molar-refractivity contribution in [2.45, 2.75) is 50.6 Å². The summed E-state index contributed by atoms with van der Waals surface area (Å²) in [6, 6.07) is 8.07. The van der Waals surface area contributed by atoms with Gasteiger partial charge in [-0.3, -0.25) is 9.59 Å². The number of likely N-dealkylation sites (tertiary alicyclic amines) is 1. The lowest BCUT2D eigenvalue weighted by Crippen LogP contribution is -2.41. The van der Waals surface area contributed by atoms with E-state index in [2.05, 4.69) is 11.4 Å². The second-order valence-corrected chi connectivity index (χ2v) is 8.83. The van der Waals surface area contributed by atoms with Gasteiger partial charge in [-0.1, -0.05) is 18.2 Å². The van der Waals surface area contributed by atoms with Crippen LogP contribution in [-0.4, -0.2) is 45.7 Å². The highest BCUT2D eigenvalue weighted by Crippen LogP contribution is 2.30. The maximum absolute atomic E-state index is 12.5. The van der Waals surface area contributed by atoms with Crippen LogP contribution in [0.1, 0.15) is 33.6 Å². The highest BCUT2D eigenvalue weighted by molar-refractivity contribution is 8.00. The molecule has 0 bridgehead atoms. The predicted octanol–water partition coefficient (Wildman–Crippen LogP) is 3.27. The summed E-state index contributed by atoms with van der Waals surface area (Å²) < 4.78 is 2.01. The summed E-state index contributed by atoms with van der Waals surface area (Å²) in [5.74, 6) is 0.559. The minimum atomic E-state index is -0.228. The van der Waals surface area contributed by atoms with E-state index in [1.54, 1.807) is 0 Å². The van der Waals surface area contributed by atoms with Crippen LogP contribution < -0.4 is 5.32 Å². The van der Waals surface area contributed by atoms with E-state index >= 15 is 0 Å². The van der Waals surface area contributed by atoms with Gasteiger partial charge in [-0.25, -0.2) is 0 Å². The first kappa shape index (κ1) is 18.8. The first-order valence-electron chi connectivity index (χ1n) is 9.13. The van der Waals surface area contributed by atoms with Crippen molar-refractivity contribution >= 4 is 34.5 Å². The number of rotatable bonds is 5. The van der Waals surface area contributed by atoms with Crippen molar-refractivity contribution in [1.82, 2.24) is 14.8 Å². The summed E-state index contributed by atoms with van der Waals surface area (Å²) >= 11 is 1.52. The maximum atomic E-state index is 12.5. The molecule has 0 atom stereocenters. The number of thioether (sulfide) groups is 1. The molecule has 140 valence electrons. The SMILES string of the molecule is CC(C)(C)NC(=O)CSc1cn(CC(=O)N2CCCC2)c2ccccc12. The molecule has 2 heterocycles. The van der Waals surface area contributed by atoms with Gasteiger partial charge in [0, 0.05) is 40.6 Å². The fourth-order valence-electron chi connectivity index (χ4n) is 3.27. The van der Waals surface area contributed by atoms with Crippen LogP contribution in [0, 0.1) is 0 Å². The van der Waals surface area contributed by atoms with Gasteiger partial charge in [0.05, 0.1) is 5.75 Å². The Kier molecular flexibility index (Phi) is 5.61. The second-order valence-electron chi connectivity index (χ2n) is 7.81. The number of amides is 2. The van der Waals surface area contributed by atoms with Gasteiger partial charge in [-0.05, 0) is 39.7 Å². The van der Waals surface area contributed by atoms with Gasteiger partial charge in [0.2, 0.25) is 11.8 Å². The van der Waals surface area contributed by atoms with Crippen molar-refractivity contribution in [1.29, 1.82) is 0 Å². The number of benzene rings is 1. The molecule has 0 unspecified atom stereocenters. The van der Waals surface area contributed by atoms with Crippen LogP contribution in [0.15, 0.2) is 35.4 Å². The quantitative estimate of drug-likeness (QED) is 0.819. The van der Waals surface area contributed by atoms with Crippen LogP contribution in [0.4, 0.5) is 0 Å². The molecule has 0 radical (unpaired) electrons. The minimum Gasteiger partial charge on any atom is -0.351 e. The fraction of sp³-hybridized carbons (Fsp3) is 0.500. The standard InChI is InChI=1S/C20H27N3O2S/c1-20(2,3)21-18(24)14-26-17-12-23(16-9-5-4-8-15(16)17)13-19(25)22-10-6-7-11-22/h4-5,8-9,12H,6-7,10-11,13-14H2,1-3H3,(H,21,24). The highest BCUT2D eigenvalue weighted by Gasteiger charge is 2.20. The van der Waals surface area contributed by atoms with Crippen LogP contribution >= 0.6 is 11.8 Å². The zero-order valence-corrected chi connectivity index (χ0v) is 16.6. The highest BCUT2D eigenvalue weighted by atomic mass is 32.2. The number of aromatic nitrogens is 1. The molecule has 1 fully saturated rings. The zero-order valence-electron chi connectivity index (χ0n) is 15.7. The summed E-state index contributed by atoms with van der Waals surface area (Å²) in [7, 11) is 0. The van der Waals surface area contributed by atoms with E-state index < -0.39 is 0 Å². The van der Waals surface area contributed by atoms with Crippen molar-refractivity contribution in [3.63, 3.8) is 0 Å². The third-order valence-corrected chi connectivity index (χ3v) is 5.43. The molecule has 2 amide bonds. The van der Waals surface area contributed by atoms with Gasteiger partial charge in [0.1, 0.15) is 6.54 Å². The number of fused-ring (bicyclic) bond motifs is 1. The average molecular weight is 374 g/mol. The van der Waals surface area contributed by atoms with Crippen LogP contribution in [0.5, 0.6) is 0 Å². The predicted molar refractivity (Wildman–Crippen MR) is 106 cm³/mol. The number of nitrogens with zero attached hydrogens (tertiary/aromatic N) is 2. The Morgan fingerprint density at radius 1 is 1.15 bits per heavy atom. The molecule has 1 aromatic carbocycles. The number of hydrogen-bond acceptors (Lipinski definition) is 3. The topological polar surface area (TPSA) is 54.3 Å². The lowest BCUT2D eigenvalue weighted by molar-refractivity contribution is -0.130. The maximum Gasteiger partial charge on any atom is 0.242 e. The lowest BCUT2D eigenvalue weighted by Gasteiger charge is -2.20. The Morgan fingerprint density at radius 3 is 2.54 bits per heavy atom. The minimum absolute atomic E-state index is 0.0208. The van der Waals surface area contributed by atoms with E-state index in [0.717, 1.165) is 41.7 Å². The monoisotopic (exact) mass is 373 g/mol. The Labute approximate surface area is 159 Å². The molecular formula is C20H27N3O2S. The number of carbonyl (C=O) groups is 2. The summed E-state index contributed by atoms with van der Waals surface area (Å²) in [6.07, 6.45) is 4.21. The summed E-state index contributed by atoms with van der Waals surface area (Å²) in [6.45, 7) is 8.02. The number of nitrogens with one attached hydrogen (secondary N) is 1. The molecule has 1 saturated heterocycles. The molecule has 1 aliphatic heterocycles. The van der Waals surface area contributed by atoms with Gasteiger partial charge in [0.15, 0.2) is 0 Å². The molecule has 0 aliphatic carbocycles. The third kappa shape index (κ3) is 4.61. The molecule has 0 saturated carbocycles. The Bertz CT molecular complexity index is 801. The first-order chi connectivity index (χ1) is 12.3. The van der Waals surface area contributed by atoms with Gasteiger partial charge >= 0.3 is 0 Å². The van der Waals surface area contributed by atoms with Crippen LogP contribution in [0.3, 0.4) is 0 Å². The largest absolute Gasteiger partial charge is 0.351 e. The van der Waals surface area contributed by atoms with Gasteiger partial charge in [-0.2, -0.15) is 0 Å². The van der Waals surface area contributed by atoms with E-state index in [1.807, 2.05) is 54.6 Å². The molecule has 3 rings (SSSR count). The molecule has 2 aromatic rings. The molecule has 1 aromatic heterocycles. The van der Waals surface area contributed by atoms with E-state index in [4.69, 9.17) is 0 Å². The smallest absolute Gasteiger partial charge is 0.242 e. The van der Waals surface area contributed by atoms with Crippen molar-refractivity contribution < 1.29 is 9.59 Å². The fourth-order valence-corrected chi connectivity index (χ4v) is 4.16. The molecule has 1 N–H and O–H groups in total. The second kappa shape index (κ2) is 7.74. The third-order valence-electron chi connectivity index (χ3n) is 4.39. The molecule has 1 aliphatic rings. The van der Waals surface area contributed by atoms with E-state index in [9.17, 15) is 9.59 Å². The zero-order chi connectivity index (χ0) is 18.7. The molecule has 0 spiro atoms. The van der Waals surface area contributed by atoms with Gasteiger partial charge in [-0.15, -0.1) is 11.8 Å². The van der Waals surface area contributed by atoms with Crippen molar-refractivity contribution in [3.8, 4) is 0 Å². The first-order valence-corrected chi connectivity index (χ1v) is 10.1. The Morgan fingerprint density at radius 2 is 1.85 bits per heavy atom. The molecule has 6 heteroatoms. The van der Waals surface area contributed by atoms with E-state index in [0.29, 0.717) is 12.3 Å². The molecular weight excluding hydrogens is 346 g/mol. The summed E-state index contributed by atoms with van der Waals surface area (Å²) in [5.41, 5.74) is 0.812. The Balaban J connectivity index is 1.74.